The quantitative estimate of drug-likeness (QED) is 0.395. The van der Waals surface area contributed by atoms with Gasteiger partial charge in [0.2, 0.25) is 0 Å². The highest BCUT2D eigenvalue weighted by Gasteiger charge is 2.36. The van der Waals surface area contributed by atoms with Gasteiger partial charge in [-0.3, -0.25) is 0 Å². The molecule has 1 fully saturated rings. The molecular formula is C5H13B3O2. The highest BCUT2D eigenvalue weighted by Crippen LogP contribution is 2.29. The molecule has 1 unspecified atom stereocenters. The minimum absolute atomic E-state index is 0.0277. The van der Waals surface area contributed by atoms with Crippen molar-refractivity contribution in [2.24, 2.45) is 0 Å². The number of hydrogen-bond donors (Lipinski definition) is 1. The average molecular weight is 138 g/mol. The molecule has 0 spiro atoms. The molecule has 0 saturated carbocycles. The summed E-state index contributed by atoms with van der Waals surface area (Å²) in [5, 5.41) is 9.44. The fraction of sp³-hybridized carbons (Fsp3) is 1.00. The summed E-state index contributed by atoms with van der Waals surface area (Å²) in [5.74, 6) is 0.306. The zero-order valence-electron chi connectivity index (χ0n) is 6.87. The molecule has 0 bridgehead atoms. The van der Waals surface area contributed by atoms with E-state index in [4.69, 9.17) is 4.74 Å². The van der Waals surface area contributed by atoms with Crippen LogP contribution in [0.1, 0.15) is 0 Å². The molecule has 1 heterocycles. The summed E-state index contributed by atoms with van der Waals surface area (Å²) in [7, 11) is 6.06. The van der Waals surface area contributed by atoms with Gasteiger partial charge in [-0.1, -0.05) is 6.32 Å². The smallest absolute Gasteiger partial charge is 0.142 e. The van der Waals surface area contributed by atoms with E-state index < -0.39 is 0 Å². The van der Waals surface area contributed by atoms with E-state index in [1.165, 1.54) is 0 Å². The fourth-order valence-electron chi connectivity index (χ4n) is 1.60. The highest BCUT2D eigenvalue weighted by atomic mass is 16.5. The molecule has 5 heteroatoms. The Bertz CT molecular complexity index is 121. The van der Waals surface area contributed by atoms with Crippen LogP contribution in [0.25, 0.3) is 0 Å². The Morgan fingerprint density at radius 1 is 1.40 bits per heavy atom. The summed E-state index contributed by atoms with van der Waals surface area (Å²) in [4.78, 5) is 0. The Hall–Kier alpha value is 0.115. The van der Waals surface area contributed by atoms with E-state index in [1.807, 2.05) is 15.7 Å². The summed E-state index contributed by atoms with van der Waals surface area (Å²) in [6, 6.07) is 0.0277. The highest BCUT2D eigenvalue weighted by molar-refractivity contribution is 6.17. The zero-order chi connectivity index (χ0) is 7.72. The standard InChI is InChI=1S/C5H13B3O2/c6-1-2-3(7)4(9)5(8)10-2/h2-5,9H,1,6-8H2/t2?,3-,4-,5-/m1/s1. The molecule has 1 saturated heterocycles. The average Bonchev–Trinajstić information content (AvgIpc) is 2.17. The van der Waals surface area contributed by atoms with Crippen LogP contribution in [0, 0.1) is 0 Å². The topological polar surface area (TPSA) is 29.5 Å². The van der Waals surface area contributed by atoms with Gasteiger partial charge in [-0.05, 0) is 5.82 Å². The van der Waals surface area contributed by atoms with E-state index in [9.17, 15) is 5.11 Å². The van der Waals surface area contributed by atoms with Crippen molar-refractivity contribution in [3.05, 3.63) is 0 Å². The lowest BCUT2D eigenvalue weighted by Gasteiger charge is -2.12. The molecule has 0 aliphatic carbocycles. The normalized spacial score (nSPS) is 47.7. The van der Waals surface area contributed by atoms with Crippen LogP contribution in [0.3, 0.4) is 0 Å². The van der Waals surface area contributed by atoms with Crippen molar-refractivity contribution in [3.63, 3.8) is 0 Å². The van der Waals surface area contributed by atoms with Crippen LogP contribution in [-0.4, -0.2) is 46.9 Å². The summed E-state index contributed by atoms with van der Waals surface area (Å²) in [6.07, 6.45) is 1.01. The molecule has 0 aromatic rings. The minimum Gasteiger partial charge on any atom is -0.392 e. The Labute approximate surface area is 64.6 Å². The maximum atomic E-state index is 9.44. The Morgan fingerprint density at radius 3 is 2.20 bits per heavy atom. The van der Waals surface area contributed by atoms with Crippen molar-refractivity contribution in [1.82, 2.24) is 0 Å². The first-order valence-corrected chi connectivity index (χ1v) is 4.00. The lowest BCUT2D eigenvalue weighted by Crippen LogP contribution is -2.23. The van der Waals surface area contributed by atoms with E-state index in [2.05, 4.69) is 7.85 Å². The van der Waals surface area contributed by atoms with Crippen LogP contribution in [0.15, 0.2) is 0 Å². The van der Waals surface area contributed by atoms with E-state index in [-0.39, 0.29) is 18.2 Å². The second kappa shape index (κ2) is 3.01. The molecule has 0 amide bonds. The number of aliphatic hydroxyl groups excluding tert-OH is 1. The van der Waals surface area contributed by atoms with Gasteiger partial charge in [0, 0.05) is 12.1 Å². The third kappa shape index (κ3) is 1.25. The number of rotatable bonds is 1. The SMILES string of the molecule is BCC1O[C@@H](B)[C@H](O)[C@@H]1B. The Morgan fingerprint density at radius 2 is 2.00 bits per heavy atom. The van der Waals surface area contributed by atoms with Gasteiger partial charge in [-0.15, -0.1) is 0 Å². The summed E-state index contributed by atoms with van der Waals surface area (Å²) < 4.78 is 5.48. The summed E-state index contributed by atoms with van der Waals surface area (Å²) >= 11 is 0. The molecule has 0 radical (unpaired) electrons. The first kappa shape index (κ1) is 8.21. The summed E-state index contributed by atoms with van der Waals surface area (Å²) in [5.41, 5.74) is 0. The van der Waals surface area contributed by atoms with Crippen molar-refractivity contribution in [3.8, 4) is 0 Å². The lowest BCUT2D eigenvalue weighted by atomic mass is 9.73. The first-order chi connectivity index (χ1) is 4.66. The van der Waals surface area contributed by atoms with E-state index in [0.29, 0.717) is 5.82 Å². The molecule has 1 aliphatic rings. The predicted molar refractivity (Wildman–Crippen MR) is 48.9 cm³/mol. The number of aliphatic hydroxyl groups is 1. The Balaban J connectivity index is 2.53. The molecule has 1 N–H and O–H groups in total. The van der Waals surface area contributed by atoms with Gasteiger partial charge < -0.3 is 9.84 Å². The van der Waals surface area contributed by atoms with Crippen LogP contribution < -0.4 is 0 Å². The van der Waals surface area contributed by atoms with E-state index in [0.717, 1.165) is 6.32 Å². The van der Waals surface area contributed by atoms with Gasteiger partial charge in [0.05, 0.1) is 6.10 Å². The van der Waals surface area contributed by atoms with Crippen molar-refractivity contribution < 1.29 is 9.84 Å². The predicted octanol–water partition coefficient (Wildman–Crippen LogP) is -2.82. The van der Waals surface area contributed by atoms with Crippen molar-refractivity contribution in [2.45, 2.75) is 30.3 Å². The molecule has 1 aliphatic heterocycles. The largest absolute Gasteiger partial charge is 0.392 e. The zero-order valence-corrected chi connectivity index (χ0v) is 6.87. The van der Waals surface area contributed by atoms with Gasteiger partial charge in [0.15, 0.2) is 0 Å². The monoisotopic (exact) mass is 138 g/mol. The second-order valence-corrected chi connectivity index (χ2v) is 3.14. The minimum atomic E-state index is -0.259. The van der Waals surface area contributed by atoms with Crippen molar-refractivity contribution >= 4 is 23.5 Å². The van der Waals surface area contributed by atoms with Crippen LogP contribution in [0.5, 0.6) is 0 Å². The van der Waals surface area contributed by atoms with Gasteiger partial charge in [0.1, 0.15) is 23.5 Å². The van der Waals surface area contributed by atoms with Gasteiger partial charge >= 0.3 is 0 Å². The van der Waals surface area contributed by atoms with Crippen LogP contribution in [0.4, 0.5) is 0 Å². The molecule has 2 nitrogen and oxygen atoms in total. The Kier molecular flexibility index (Phi) is 2.47. The van der Waals surface area contributed by atoms with Crippen molar-refractivity contribution in [2.75, 3.05) is 0 Å². The third-order valence-corrected chi connectivity index (χ3v) is 2.40. The van der Waals surface area contributed by atoms with Gasteiger partial charge in [-0.25, -0.2) is 0 Å². The number of ether oxygens (including phenoxy) is 1. The van der Waals surface area contributed by atoms with E-state index in [1.54, 1.807) is 0 Å². The molecule has 0 aromatic heterocycles. The van der Waals surface area contributed by atoms with Gasteiger partial charge in [0.25, 0.3) is 0 Å². The molecule has 4 atom stereocenters. The first-order valence-electron chi connectivity index (χ1n) is 4.00. The molecule has 0 aromatic carbocycles. The molecule has 10 heavy (non-hydrogen) atoms. The summed E-state index contributed by atoms with van der Waals surface area (Å²) in [6.45, 7) is 0. The lowest BCUT2D eigenvalue weighted by molar-refractivity contribution is 0.0680. The van der Waals surface area contributed by atoms with Crippen LogP contribution >= 0.6 is 0 Å². The third-order valence-electron chi connectivity index (χ3n) is 2.40. The van der Waals surface area contributed by atoms with E-state index >= 15 is 0 Å². The van der Waals surface area contributed by atoms with Crippen molar-refractivity contribution in [1.29, 1.82) is 0 Å². The van der Waals surface area contributed by atoms with Crippen LogP contribution in [0.2, 0.25) is 12.1 Å². The number of hydrogen-bond acceptors (Lipinski definition) is 2. The molecule has 54 valence electrons. The van der Waals surface area contributed by atoms with Crippen LogP contribution in [-0.2, 0) is 4.74 Å². The molecular weight excluding hydrogens is 124 g/mol. The van der Waals surface area contributed by atoms with Gasteiger partial charge in [-0.2, -0.15) is 0 Å². The molecule has 1 rings (SSSR count). The second-order valence-electron chi connectivity index (χ2n) is 3.14. The fourth-order valence-corrected chi connectivity index (χ4v) is 1.60. The maximum absolute atomic E-state index is 9.44. The maximum Gasteiger partial charge on any atom is 0.142 e.